The molecule has 10 N–H and O–H groups in total. The summed E-state index contributed by atoms with van der Waals surface area (Å²) in [4.78, 5) is 70.2. The second-order valence-electron chi connectivity index (χ2n) is 4.22. The predicted octanol–water partition coefficient (Wildman–Crippen LogP) is -2.23. The van der Waals surface area contributed by atoms with Gasteiger partial charge in [0.25, 0.3) is 10.2 Å². The van der Waals surface area contributed by atoms with E-state index in [1.807, 2.05) is 0 Å². The average molecular weight is 410 g/mol. The molecule has 18 heteroatoms. The van der Waals surface area contributed by atoms with Gasteiger partial charge in [0, 0.05) is 12.8 Å². The first kappa shape index (κ1) is 22.5. The Morgan fingerprint density at radius 1 is 0.500 bits per heavy atom. The number of aliphatic hydroxyl groups is 2. The zero-order chi connectivity index (χ0) is 18.4. The molecular weight excluding hydrogens is 396 g/mol. The van der Waals surface area contributed by atoms with Crippen molar-refractivity contribution in [2.75, 3.05) is 0 Å². The van der Waals surface area contributed by atoms with Crippen LogP contribution in [0, 0.1) is 0 Å². The van der Waals surface area contributed by atoms with Gasteiger partial charge in [0.05, 0.1) is 0 Å². The highest BCUT2D eigenvalue weighted by Gasteiger charge is 2.64. The molecule has 0 saturated heterocycles. The van der Waals surface area contributed by atoms with Crippen LogP contribution in [0.4, 0.5) is 0 Å². The van der Waals surface area contributed by atoms with Crippen molar-refractivity contribution in [1.29, 1.82) is 0 Å². The van der Waals surface area contributed by atoms with Gasteiger partial charge in [-0.3, -0.25) is 18.3 Å². The number of hydrogen-bond acceptors (Lipinski definition) is 6. The molecule has 0 aliphatic heterocycles. The minimum absolute atomic E-state index is 1.92. The van der Waals surface area contributed by atoms with Gasteiger partial charge in [-0.05, 0) is 0 Å². The zero-order valence-corrected chi connectivity index (χ0v) is 13.9. The van der Waals surface area contributed by atoms with Crippen molar-refractivity contribution in [2.24, 2.45) is 0 Å². The van der Waals surface area contributed by atoms with Gasteiger partial charge in [0.2, 0.25) is 0 Å². The lowest BCUT2D eigenvalue weighted by Crippen LogP contribution is -2.35. The van der Waals surface area contributed by atoms with Crippen LogP contribution in [0.2, 0.25) is 0 Å². The summed E-state index contributed by atoms with van der Waals surface area (Å²) in [6.45, 7) is 0. The Bertz CT molecular complexity index is 500. The number of hydrogen-bond donors (Lipinski definition) is 10. The van der Waals surface area contributed by atoms with E-state index in [1.165, 1.54) is 0 Å². The third kappa shape index (κ3) is 4.13. The SMILES string of the molecule is O=P(O)(O)C(O)(CCC(O)(P(=O)(O)O)P(=O)(O)O)P(=O)(O)O. The molecule has 0 heterocycles. The molecule has 0 unspecified atom stereocenters. The van der Waals surface area contributed by atoms with Crippen LogP contribution in [0.25, 0.3) is 0 Å². The predicted molar refractivity (Wildman–Crippen MR) is 67.3 cm³/mol. The smallest absolute Gasteiger partial charge is 0.368 e. The largest absolute Gasteiger partial charge is 0.369 e. The Labute approximate surface area is 122 Å². The van der Waals surface area contributed by atoms with Crippen molar-refractivity contribution >= 4 is 30.4 Å². The van der Waals surface area contributed by atoms with Crippen LogP contribution >= 0.6 is 30.4 Å². The van der Waals surface area contributed by atoms with E-state index in [1.54, 1.807) is 0 Å². The molecule has 0 saturated carbocycles. The Morgan fingerprint density at radius 3 is 0.727 bits per heavy atom. The molecule has 0 spiro atoms. The Hall–Kier alpha value is 0.520. The molecule has 0 amide bonds. The van der Waals surface area contributed by atoms with Crippen molar-refractivity contribution in [2.45, 2.75) is 23.0 Å². The monoisotopic (exact) mass is 410 g/mol. The molecule has 0 rings (SSSR count). The fraction of sp³-hybridized carbons (Fsp3) is 1.00. The van der Waals surface area contributed by atoms with E-state index in [-0.39, 0.29) is 0 Å². The molecular formula is C4H14O14P4. The number of rotatable bonds is 7. The summed E-state index contributed by atoms with van der Waals surface area (Å²) >= 11 is 0. The second kappa shape index (κ2) is 6.11. The summed E-state index contributed by atoms with van der Waals surface area (Å²) in [6.07, 6.45) is -3.84. The maximum atomic E-state index is 11.0. The molecule has 22 heavy (non-hydrogen) atoms. The zero-order valence-electron chi connectivity index (χ0n) is 10.3. The normalized spacial score (nSPS) is 15.9. The van der Waals surface area contributed by atoms with Gasteiger partial charge in [0.15, 0.2) is 0 Å². The first-order valence-electron chi connectivity index (χ1n) is 4.88. The summed E-state index contributed by atoms with van der Waals surface area (Å²) in [5, 5.41) is 10.5. The van der Waals surface area contributed by atoms with Crippen LogP contribution in [0.1, 0.15) is 12.8 Å². The molecule has 0 aromatic rings. The molecule has 14 nitrogen and oxygen atoms in total. The third-order valence-electron chi connectivity index (χ3n) is 2.66. The molecule has 0 aromatic carbocycles. The van der Waals surface area contributed by atoms with E-state index in [2.05, 4.69) is 0 Å². The average Bonchev–Trinajstić information content (AvgIpc) is 2.18. The quantitative estimate of drug-likeness (QED) is 0.199. The Morgan fingerprint density at radius 2 is 0.636 bits per heavy atom. The molecule has 0 aliphatic carbocycles. The Kier molecular flexibility index (Phi) is 6.25. The topological polar surface area (TPSA) is 271 Å². The summed E-state index contributed by atoms with van der Waals surface area (Å²) in [5.74, 6) is 0. The molecule has 0 atom stereocenters. The minimum Gasteiger partial charge on any atom is -0.368 e. The highest BCUT2D eigenvalue weighted by atomic mass is 31.2. The van der Waals surface area contributed by atoms with E-state index >= 15 is 0 Å². The van der Waals surface area contributed by atoms with Crippen LogP contribution < -0.4 is 0 Å². The highest BCUT2D eigenvalue weighted by Crippen LogP contribution is 2.73. The van der Waals surface area contributed by atoms with E-state index < -0.39 is 53.4 Å². The van der Waals surface area contributed by atoms with Crippen molar-refractivity contribution in [1.82, 2.24) is 0 Å². The fourth-order valence-electron chi connectivity index (χ4n) is 1.26. The first-order chi connectivity index (χ1) is 9.21. The highest BCUT2D eigenvalue weighted by molar-refractivity contribution is 7.72. The van der Waals surface area contributed by atoms with Crippen LogP contribution in [-0.4, -0.2) is 59.5 Å². The van der Waals surface area contributed by atoms with Gasteiger partial charge in [-0.1, -0.05) is 0 Å². The van der Waals surface area contributed by atoms with Crippen LogP contribution in [-0.2, 0) is 18.3 Å². The summed E-state index contributed by atoms with van der Waals surface area (Å²) in [6, 6.07) is 0. The van der Waals surface area contributed by atoms with Crippen molar-refractivity contribution in [3.05, 3.63) is 0 Å². The maximum Gasteiger partial charge on any atom is 0.369 e. The minimum atomic E-state index is -6.02. The van der Waals surface area contributed by atoms with Gasteiger partial charge in [-0.2, -0.15) is 0 Å². The third-order valence-corrected chi connectivity index (χ3v) is 10.4. The van der Waals surface area contributed by atoms with Crippen LogP contribution in [0.15, 0.2) is 0 Å². The first-order valence-corrected chi connectivity index (χ1v) is 11.3. The standard InChI is InChI=1S/C4H14O14P4/c5-3(19(7,8)9,20(10,11)12)1-2-4(6,21(13,14)15)22(16,17)18/h5-6H,1-2H2,(H2,7,8,9)(H2,10,11,12)(H2,13,14,15)(H2,16,17,18). The lowest BCUT2D eigenvalue weighted by atomic mass is 10.3. The molecule has 0 bridgehead atoms. The van der Waals surface area contributed by atoms with Crippen molar-refractivity contribution < 1.29 is 67.6 Å². The summed E-state index contributed by atoms with van der Waals surface area (Å²) in [5.41, 5.74) is 0. The van der Waals surface area contributed by atoms with Gasteiger partial charge in [-0.15, -0.1) is 0 Å². The lowest BCUT2D eigenvalue weighted by Gasteiger charge is -2.34. The molecule has 0 radical (unpaired) electrons. The summed E-state index contributed by atoms with van der Waals surface area (Å²) in [7, 11) is -24.1. The van der Waals surface area contributed by atoms with Crippen molar-refractivity contribution in [3.8, 4) is 0 Å². The summed E-state index contributed by atoms with van der Waals surface area (Å²) < 4.78 is 44.0. The van der Waals surface area contributed by atoms with E-state index in [4.69, 9.17) is 39.1 Å². The lowest BCUT2D eigenvalue weighted by molar-refractivity contribution is 0.0812. The van der Waals surface area contributed by atoms with E-state index in [9.17, 15) is 28.5 Å². The second-order valence-corrected chi connectivity index (χ2v) is 12.2. The maximum absolute atomic E-state index is 11.0. The van der Waals surface area contributed by atoms with Gasteiger partial charge in [0.1, 0.15) is 0 Å². The fourth-order valence-corrected chi connectivity index (χ4v) is 5.58. The molecule has 134 valence electrons. The van der Waals surface area contributed by atoms with Gasteiger partial charge < -0.3 is 49.4 Å². The van der Waals surface area contributed by atoms with Crippen molar-refractivity contribution in [3.63, 3.8) is 0 Å². The molecule has 0 fully saturated rings. The molecule has 0 aliphatic rings. The molecule has 0 aromatic heterocycles. The van der Waals surface area contributed by atoms with Gasteiger partial charge >= 0.3 is 30.4 Å². The van der Waals surface area contributed by atoms with Gasteiger partial charge in [-0.25, -0.2) is 0 Å². The van der Waals surface area contributed by atoms with E-state index in [0.29, 0.717) is 0 Å². The van der Waals surface area contributed by atoms with Crippen LogP contribution in [0.5, 0.6) is 0 Å². The Balaban J connectivity index is 5.94. The van der Waals surface area contributed by atoms with E-state index in [0.717, 1.165) is 0 Å². The van der Waals surface area contributed by atoms with Crippen LogP contribution in [0.3, 0.4) is 0 Å².